The van der Waals surface area contributed by atoms with Crippen LogP contribution in [0.3, 0.4) is 0 Å². The summed E-state index contributed by atoms with van der Waals surface area (Å²) in [7, 11) is 1.88. The van der Waals surface area contributed by atoms with Gasteiger partial charge in [-0.2, -0.15) is 0 Å². The molecule has 0 aliphatic carbocycles. The zero-order valence-electron chi connectivity index (χ0n) is 12.7. The third-order valence-electron chi connectivity index (χ3n) is 3.86. The molecule has 2 N–H and O–H groups in total. The number of piperidine rings is 1. The summed E-state index contributed by atoms with van der Waals surface area (Å²) in [5, 5.41) is 6.04. The molecule has 0 aromatic heterocycles. The van der Waals surface area contributed by atoms with Crippen LogP contribution in [0.2, 0.25) is 0 Å². The minimum atomic E-state index is 0.0679. The van der Waals surface area contributed by atoms with Crippen molar-refractivity contribution in [1.29, 1.82) is 0 Å². The molecule has 4 heteroatoms. The highest BCUT2D eigenvalue weighted by Crippen LogP contribution is 2.09. The van der Waals surface area contributed by atoms with Gasteiger partial charge in [0.2, 0.25) is 5.91 Å². The molecule has 1 atom stereocenters. The molecule has 1 rings (SSSR count). The molecule has 1 unspecified atom stereocenters. The molecule has 4 nitrogen and oxygen atoms in total. The van der Waals surface area contributed by atoms with Crippen molar-refractivity contribution in [1.82, 2.24) is 15.5 Å². The van der Waals surface area contributed by atoms with Crippen molar-refractivity contribution in [2.45, 2.75) is 45.4 Å². The maximum absolute atomic E-state index is 11.7. The molecule has 1 aliphatic rings. The number of hydrogen-bond acceptors (Lipinski definition) is 3. The zero-order valence-corrected chi connectivity index (χ0v) is 12.7. The summed E-state index contributed by atoms with van der Waals surface area (Å²) in [6.45, 7) is 7.36. The summed E-state index contributed by atoms with van der Waals surface area (Å²) in [5.41, 5.74) is 0. The number of rotatable bonds is 9. The van der Waals surface area contributed by atoms with Gasteiger partial charge in [0.15, 0.2) is 0 Å². The molecule has 1 heterocycles. The lowest BCUT2D eigenvalue weighted by molar-refractivity contribution is -0.124. The van der Waals surface area contributed by atoms with Crippen LogP contribution in [0.5, 0.6) is 0 Å². The van der Waals surface area contributed by atoms with Gasteiger partial charge in [-0.15, -0.1) is 0 Å². The topological polar surface area (TPSA) is 44.4 Å². The minimum Gasteiger partial charge on any atom is -0.356 e. The Balaban J connectivity index is 1.91. The van der Waals surface area contributed by atoms with E-state index in [2.05, 4.69) is 15.5 Å². The van der Waals surface area contributed by atoms with Crippen molar-refractivity contribution in [3.8, 4) is 0 Å². The monoisotopic (exact) mass is 269 g/mol. The maximum atomic E-state index is 11.7. The third kappa shape index (κ3) is 7.53. The van der Waals surface area contributed by atoms with E-state index in [0.717, 1.165) is 19.5 Å². The number of nitrogens with one attached hydrogen (secondary N) is 2. The predicted molar refractivity (Wildman–Crippen MR) is 80.2 cm³/mol. The van der Waals surface area contributed by atoms with Crippen molar-refractivity contribution >= 4 is 5.91 Å². The van der Waals surface area contributed by atoms with E-state index >= 15 is 0 Å². The van der Waals surface area contributed by atoms with Crippen LogP contribution in [0.25, 0.3) is 0 Å². The van der Waals surface area contributed by atoms with Crippen molar-refractivity contribution < 1.29 is 4.79 Å². The number of carbonyl (C=O) groups is 1. The molecule has 112 valence electrons. The van der Waals surface area contributed by atoms with Crippen molar-refractivity contribution in [2.75, 3.05) is 39.8 Å². The van der Waals surface area contributed by atoms with E-state index < -0.39 is 0 Å². The van der Waals surface area contributed by atoms with Gasteiger partial charge in [-0.1, -0.05) is 19.8 Å². The van der Waals surface area contributed by atoms with Crippen LogP contribution in [0.4, 0.5) is 0 Å². The largest absolute Gasteiger partial charge is 0.356 e. The Morgan fingerprint density at radius 2 is 1.89 bits per heavy atom. The summed E-state index contributed by atoms with van der Waals surface area (Å²) >= 11 is 0. The van der Waals surface area contributed by atoms with Crippen LogP contribution in [0.15, 0.2) is 0 Å². The molecular weight excluding hydrogens is 238 g/mol. The molecule has 0 saturated carbocycles. The second-order valence-corrected chi connectivity index (χ2v) is 5.71. The fraction of sp³-hybridized carbons (Fsp3) is 0.933. The maximum Gasteiger partial charge on any atom is 0.224 e. The Morgan fingerprint density at radius 3 is 2.58 bits per heavy atom. The van der Waals surface area contributed by atoms with Gasteiger partial charge in [0.25, 0.3) is 0 Å². The van der Waals surface area contributed by atoms with Crippen molar-refractivity contribution in [3.63, 3.8) is 0 Å². The van der Waals surface area contributed by atoms with E-state index in [9.17, 15) is 4.79 Å². The summed E-state index contributed by atoms with van der Waals surface area (Å²) in [6, 6.07) is 0. The number of carbonyl (C=O) groups excluding carboxylic acids is 1. The molecule has 1 aliphatic heterocycles. The highest BCUT2D eigenvalue weighted by Gasteiger charge is 2.11. The first-order valence-electron chi connectivity index (χ1n) is 7.88. The van der Waals surface area contributed by atoms with Crippen LogP contribution in [-0.4, -0.2) is 50.6 Å². The Labute approximate surface area is 118 Å². The number of nitrogens with zero attached hydrogens (tertiary/aromatic N) is 1. The normalized spacial score (nSPS) is 18.2. The summed E-state index contributed by atoms with van der Waals surface area (Å²) < 4.78 is 0. The Hall–Kier alpha value is -0.610. The van der Waals surface area contributed by atoms with Crippen molar-refractivity contribution in [3.05, 3.63) is 0 Å². The molecule has 0 aromatic carbocycles. The second-order valence-electron chi connectivity index (χ2n) is 5.71. The second kappa shape index (κ2) is 10.2. The van der Waals surface area contributed by atoms with Crippen molar-refractivity contribution in [2.24, 2.45) is 5.92 Å². The fourth-order valence-electron chi connectivity index (χ4n) is 2.60. The summed E-state index contributed by atoms with van der Waals surface area (Å²) in [4.78, 5) is 14.2. The SMILES string of the molecule is CNCC(C)C(=O)NCCCCCN1CCCCC1. The van der Waals surface area contributed by atoms with Crippen LogP contribution < -0.4 is 10.6 Å². The standard InChI is InChI=1S/C15H31N3O/c1-14(13-16-2)15(19)17-9-5-3-6-10-18-11-7-4-8-12-18/h14,16H,3-13H2,1-2H3,(H,17,19). The molecule has 0 aromatic rings. The lowest BCUT2D eigenvalue weighted by Gasteiger charge is -2.26. The van der Waals surface area contributed by atoms with E-state index in [-0.39, 0.29) is 11.8 Å². The fourth-order valence-corrected chi connectivity index (χ4v) is 2.60. The lowest BCUT2D eigenvalue weighted by atomic mass is 10.1. The van der Waals surface area contributed by atoms with Crippen LogP contribution in [0, 0.1) is 5.92 Å². The number of hydrogen-bond donors (Lipinski definition) is 2. The molecule has 0 radical (unpaired) electrons. The van der Waals surface area contributed by atoms with Crippen LogP contribution in [0.1, 0.15) is 45.4 Å². The molecule has 0 bridgehead atoms. The first-order valence-corrected chi connectivity index (χ1v) is 7.88. The van der Waals surface area contributed by atoms with E-state index in [1.54, 1.807) is 0 Å². The van der Waals surface area contributed by atoms with Gasteiger partial charge in [-0.05, 0) is 52.4 Å². The molecule has 1 amide bonds. The minimum absolute atomic E-state index is 0.0679. The van der Waals surface area contributed by atoms with Crippen LogP contribution in [-0.2, 0) is 4.79 Å². The summed E-state index contributed by atoms with van der Waals surface area (Å²) in [5.74, 6) is 0.240. The van der Waals surface area contributed by atoms with E-state index in [1.807, 2.05) is 14.0 Å². The van der Waals surface area contributed by atoms with Gasteiger partial charge in [0, 0.05) is 19.0 Å². The third-order valence-corrected chi connectivity index (χ3v) is 3.86. The highest BCUT2D eigenvalue weighted by molar-refractivity contribution is 5.78. The smallest absolute Gasteiger partial charge is 0.224 e. The van der Waals surface area contributed by atoms with Gasteiger partial charge in [-0.25, -0.2) is 0 Å². The van der Waals surface area contributed by atoms with Gasteiger partial charge in [0.05, 0.1) is 0 Å². The molecule has 1 saturated heterocycles. The first-order chi connectivity index (χ1) is 9.24. The Bertz CT molecular complexity index is 240. The van der Waals surface area contributed by atoms with Gasteiger partial charge in [-0.3, -0.25) is 4.79 Å². The molecule has 0 spiro atoms. The van der Waals surface area contributed by atoms with Gasteiger partial charge < -0.3 is 15.5 Å². The van der Waals surface area contributed by atoms with Gasteiger partial charge >= 0.3 is 0 Å². The Morgan fingerprint density at radius 1 is 1.16 bits per heavy atom. The number of amides is 1. The molecule has 19 heavy (non-hydrogen) atoms. The number of likely N-dealkylation sites (tertiary alicyclic amines) is 1. The number of unbranched alkanes of at least 4 members (excludes halogenated alkanes) is 2. The van der Waals surface area contributed by atoms with E-state index in [0.29, 0.717) is 0 Å². The van der Waals surface area contributed by atoms with E-state index in [1.165, 1.54) is 51.7 Å². The highest BCUT2D eigenvalue weighted by atomic mass is 16.1. The zero-order chi connectivity index (χ0) is 13.9. The average molecular weight is 269 g/mol. The lowest BCUT2D eigenvalue weighted by Crippen LogP contribution is -2.34. The van der Waals surface area contributed by atoms with Gasteiger partial charge in [0.1, 0.15) is 0 Å². The van der Waals surface area contributed by atoms with Crippen LogP contribution >= 0.6 is 0 Å². The Kier molecular flexibility index (Phi) is 8.84. The molecule has 1 fully saturated rings. The predicted octanol–water partition coefficient (Wildman–Crippen LogP) is 1.61. The average Bonchev–Trinajstić information content (AvgIpc) is 2.43. The summed E-state index contributed by atoms with van der Waals surface area (Å²) in [6.07, 6.45) is 7.75. The first kappa shape index (κ1) is 16.4. The molecular formula is C15H31N3O. The van der Waals surface area contributed by atoms with E-state index in [4.69, 9.17) is 0 Å². The quantitative estimate of drug-likeness (QED) is 0.625.